The monoisotopic (exact) mass is 536 g/mol. The zero-order valence-electron chi connectivity index (χ0n) is 22.0. The average molecular weight is 537 g/mol. The number of sulfonamides is 1. The van der Waals surface area contributed by atoms with Crippen molar-refractivity contribution in [3.63, 3.8) is 0 Å². The van der Waals surface area contributed by atoms with Gasteiger partial charge in [-0.15, -0.1) is 0 Å². The molecule has 2 aliphatic carbocycles. The number of allylic oxidation sites excluding steroid dienone is 4. The van der Waals surface area contributed by atoms with E-state index in [1.807, 2.05) is 36.0 Å². The largest absolute Gasteiger partial charge is 0.393 e. The second-order valence-electron chi connectivity index (χ2n) is 10.3. The molecule has 0 unspecified atom stereocenters. The number of nitrogens with one attached hydrogen (secondary N) is 2. The van der Waals surface area contributed by atoms with Crippen LogP contribution in [0.1, 0.15) is 71.3 Å². The molecule has 0 radical (unpaired) electrons. The van der Waals surface area contributed by atoms with Crippen LogP contribution in [-0.2, 0) is 10.0 Å². The number of rotatable bonds is 9. The summed E-state index contributed by atoms with van der Waals surface area (Å²) in [5, 5.41) is 19.2. The number of aromatic nitrogens is 4. The molecule has 0 amide bonds. The normalized spacial score (nSPS) is 20.2. The number of hydrogen-bond acceptors (Lipinski definition) is 7. The standard InChI is InChI=1S/C28H36N6O3S/c1-3-4-17-29-28-30-18-25-26(32-34(27(25)31-28)22-11-13-23(35)14-12-22)20-7-9-21(10-8-20)33-38(36,37)24-15-5-19(2)6-16-24/h5,7-10,15,18,22-23,33,35H,3-4,6,11-14,16-17H2,1-2H3,(H,29,30,31). The number of benzene rings is 1. The number of unbranched alkanes of at least 4 members (excludes halogenated alkanes) is 1. The molecule has 10 heteroatoms. The molecule has 0 aliphatic heterocycles. The van der Waals surface area contributed by atoms with Crippen LogP contribution in [0, 0.1) is 0 Å². The van der Waals surface area contributed by atoms with Gasteiger partial charge in [-0.3, -0.25) is 4.72 Å². The highest BCUT2D eigenvalue weighted by Gasteiger charge is 2.26. The third-order valence-corrected chi connectivity index (χ3v) is 8.88. The summed E-state index contributed by atoms with van der Waals surface area (Å²) >= 11 is 0. The second-order valence-corrected chi connectivity index (χ2v) is 12.0. The molecule has 0 atom stereocenters. The van der Waals surface area contributed by atoms with Crippen molar-refractivity contribution in [2.24, 2.45) is 0 Å². The highest BCUT2D eigenvalue weighted by molar-refractivity contribution is 7.96. The molecule has 3 N–H and O–H groups in total. The van der Waals surface area contributed by atoms with Crippen molar-refractivity contribution >= 4 is 32.7 Å². The van der Waals surface area contributed by atoms with Gasteiger partial charge < -0.3 is 10.4 Å². The lowest BCUT2D eigenvalue weighted by atomic mass is 9.93. The van der Waals surface area contributed by atoms with E-state index < -0.39 is 10.0 Å². The van der Waals surface area contributed by atoms with Gasteiger partial charge in [0.25, 0.3) is 10.0 Å². The predicted molar refractivity (Wildman–Crippen MR) is 151 cm³/mol. The van der Waals surface area contributed by atoms with Crippen molar-refractivity contribution in [3.05, 3.63) is 53.1 Å². The Morgan fingerprint density at radius 3 is 2.53 bits per heavy atom. The zero-order chi connectivity index (χ0) is 26.7. The maximum atomic E-state index is 12.9. The smallest absolute Gasteiger partial charge is 0.258 e. The topological polar surface area (TPSA) is 122 Å². The second kappa shape index (κ2) is 11.2. The summed E-state index contributed by atoms with van der Waals surface area (Å²) in [5.41, 5.74) is 4.07. The van der Waals surface area contributed by atoms with E-state index in [9.17, 15) is 13.5 Å². The van der Waals surface area contributed by atoms with Crippen LogP contribution in [0.3, 0.4) is 0 Å². The molecule has 38 heavy (non-hydrogen) atoms. The van der Waals surface area contributed by atoms with E-state index in [-0.39, 0.29) is 12.1 Å². The quantitative estimate of drug-likeness (QED) is 0.307. The van der Waals surface area contributed by atoms with Crippen molar-refractivity contribution in [2.75, 3.05) is 16.6 Å². The highest BCUT2D eigenvalue weighted by atomic mass is 32.2. The van der Waals surface area contributed by atoms with Gasteiger partial charge in [0.2, 0.25) is 5.95 Å². The molecule has 1 aromatic carbocycles. The maximum absolute atomic E-state index is 12.9. The van der Waals surface area contributed by atoms with Gasteiger partial charge in [0.15, 0.2) is 5.65 Å². The van der Waals surface area contributed by atoms with E-state index in [1.165, 1.54) is 5.57 Å². The van der Waals surface area contributed by atoms with Crippen molar-refractivity contribution in [1.82, 2.24) is 19.7 Å². The zero-order valence-corrected chi connectivity index (χ0v) is 22.8. The summed E-state index contributed by atoms with van der Waals surface area (Å²) in [4.78, 5) is 9.76. The molecule has 5 rings (SSSR count). The van der Waals surface area contributed by atoms with Gasteiger partial charge in [-0.1, -0.05) is 37.1 Å². The molecule has 2 aliphatic rings. The Labute approximate surface area is 224 Å². The fourth-order valence-corrected chi connectivity index (χ4v) is 6.21. The van der Waals surface area contributed by atoms with Crippen LogP contribution in [-0.4, -0.2) is 45.9 Å². The average Bonchev–Trinajstić information content (AvgIpc) is 3.29. The predicted octanol–water partition coefficient (Wildman–Crippen LogP) is 5.55. The van der Waals surface area contributed by atoms with Gasteiger partial charge in [0, 0.05) is 24.0 Å². The molecular weight excluding hydrogens is 500 g/mol. The first-order valence-corrected chi connectivity index (χ1v) is 15.0. The van der Waals surface area contributed by atoms with Crippen molar-refractivity contribution in [2.45, 2.75) is 77.4 Å². The lowest BCUT2D eigenvalue weighted by Gasteiger charge is -2.25. The Bertz CT molecular complexity index is 1450. The number of aliphatic hydroxyl groups excluding tert-OH is 1. The van der Waals surface area contributed by atoms with E-state index in [0.717, 1.165) is 73.8 Å². The van der Waals surface area contributed by atoms with E-state index in [0.29, 0.717) is 23.0 Å². The van der Waals surface area contributed by atoms with Crippen LogP contribution in [0.2, 0.25) is 0 Å². The van der Waals surface area contributed by atoms with Crippen molar-refractivity contribution in [3.8, 4) is 11.3 Å². The van der Waals surface area contributed by atoms with Crippen LogP contribution in [0.4, 0.5) is 11.6 Å². The molecule has 0 bridgehead atoms. The molecule has 1 fully saturated rings. The van der Waals surface area contributed by atoms with Gasteiger partial charge >= 0.3 is 0 Å². The number of fused-ring (bicyclic) bond motifs is 1. The maximum Gasteiger partial charge on any atom is 0.258 e. The third kappa shape index (κ3) is 5.76. The van der Waals surface area contributed by atoms with Crippen LogP contribution >= 0.6 is 0 Å². The van der Waals surface area contributed by atoms with Crippen LogP contribution in [0.25, 0.3) is 22.3 Å². The Morgan fingerprint density at radius 2 is 1.84 bits per heavy atom. The molecule has 3 aromatic rings. The van der Waals surface area contributed by atoms with E-state index in [4.69, 9.17) is 10.1 Å². The first kappa shape index (κ1) is 26.4. The van der Waals surface area contributed by atoms with Gasteiger partial charge in [-0.2, -0.15) is 10.1 Å². The van der Waals surface area contributed by atoms with Gasteiger partial charge in [-0.25, -0.2) is 18.1 Å². The van der Waals surface area contributed by atoms with E-state index in [1.54, 1.807) is 18.2 Å². The van der Waals surface area contributed by atoms with Crippen LogP contribution < -0.4 is 10.0 Å². The molecule has 2 aromatic heterocycles. The molecule has 9 nitrogen and oxygen atoms in total. The molecule has 0 saturated heterocycles. The lowest BCUT2D eigenvalue weighted by molar-refractivity contribution is 0.109. The van der Waals surface area contributed by atoms with Gasteiger partial charge in [0.05, 0.1) is 22.4 Å². The summed E-state index contributed by atoms with van der Waals surface area (Å²) in [7, 11) is -3.60. The minimum Gasteiger partial charge on any atom is -0.393 e. The third-order valence-electron chi connectivity index (χ3n) is 7.35. The first-order valence-electron chi connectivity index (χ1n) is 13.5. The number of nitrogens with zero attached hydrogens (tertiary/aromatic N) is 4. The minimum atomic E-state index is -3.60. The number of hydrogen-bond donors (Lipinski definition) is 3. The highest BCUT2D eigenvalue weighted by Crippen LogP contribution is 2.35. The Balaban J connectivity index is 1.44. The van der Waals surface area contributed by atoms with Crippen LogP contribution in [0.15, 0.2) is 53.1 Å². The Kier molecular flexibility index (Phi) is 7.80. The number of anilines is 2. The summed E-state index contributed by atoms with van der Waals surface area (Å²) in [5.74, 6) is 0.585. The molecular formula is C28H36N6O3S. The van der Waals surface area contributed by atoms with Gasteiger partial charge in [-0.05, 0) is 70.1 Å². The van der Waals surface area contributed by atoms with Crippen molar-refractivity contribution < 1.29 is 13.5 Å². The fourth-order valence-electron chi connectivity index (χ4n) is 5.02. The van der Waals surface area contributed by atoms with Crippen LogP contribution in [0.5, 0.6) is 0 Å². The fraction of sp³-hybridized carbons (Fsp3) is 0.464. The Hall–Kier alpha value is -3.24. The number of aliphatic hydroxyl groups is 1. The summed E-state index contributed by atoms with van der Waals surface area (Å²) in [6.07, 6.45) is 11.7. The molecule has 2 heterocycles. The Morgan fingerprint density at radius 1 is 1.08 bits per heavy atom. The van der Waals surface area contributed by atoms with E-state index >= 15 is 0 Å². The first-order chi connectivity index (χ1) is 18.3. The van der Waals surface area contributed by atoms with Gasteiger partial charge in [0.1, 0.15) is 5.69 Å². The summed E-state index contributed by atoms with van der Waals surface area (Å²) < 4.78 is 30.4. The van der Waals surface area contributed by atoms with Crippen molar-refractivity contribution in [1.29, 1.82) is 0 Å². The molecule has 1 saturated carbocycles. The summed E-state index contributed by atoms with van der Waals surface area (Å²) in [6, 6.07) is 7.44. The molecule has 0 spiro atoms. The lowest BCUT2D eigenvalue weighted by Crippen LogP contribution is -2.22. The minimum absolute atomic E-state index is 0.153. The SMILES string of the molecule is CCCCNc1ncc2c(-c3ccc(NS(=O)(=O)C4=CC=C(C)CC4)cc3)nn(C3CCC(O)CC3)c2n1. The van der Waals surface area contributed by atoms with E-state index in [2.05, 4.69) is 21.9 Å². The molecule has 202 valence electrons. The summed E-state index contributed by atoms with van der Waals surface area (Å²) in [6.45, 7) is 4.96.